The van der Waals surface area contributed by atoms with E-state index in [0.29, 0.717) is 30.3 Å². The summed E-state index contributed by atoms with van der Waals surface area (Å²) in [5.74, 6) is 0.989. The van der Waals surface area contributed by atoms with E-state index in [-0.39, 0.29) is 5.91 Å². The van der Waals surface area contributed by atoms with E-state index in [1.807, 2.05) is 6.92 Å². The van der Waals surface area contributed by atoms with Gasteiger partial charge in [0.05, 0.1) is 12.1 Å². The van der Waals surface area contributed by atoms with E-state index in [4.69, 9.17) is 0 Å². The van der Waals surface area contributed by atoms with Crippen molar-refractivity contribution in [3.63, 3.8) is 0 Å². The van der Waals surface area contributed by atoms with E-state index in [9.17, 15) is 4.79 Å². The topological polar surface area (TPSA) is 95.6 Å². The summed E-state index contributed by atoms with van der Waals surface area (Å²) >= 11 is 0. The minimum absolute atomic E-state index is 0.199. The van der Waals surface area contributed by atoms with Gasteiger partial charge in [-0.15, -0.1) is 0 Å². The first kappa shape index (κ1) is 12.0. The number of H-pyrrole nitrogens is 1. The second-order valence-electron chi connectivity index (χ2n) is 3.54. The molecule has 2 rings (SSSR count). The van der Waals surface area contributed by atoms with Gasteiger partial charge in [-0.05, 0) is 19.1 Å². The van der Waals surface area contributed by atoms with Crippen LogP contribution in [0.1, 0.15) is 23.1 Å². The van der Waals surface area contributed by atoms with Crippen molar-refractivity contribution in [1.82, 2.24) is 25.5 Å². The number of carbonyl (C=O) groups excluding carboxylic acids is 1. The predicted octanol–water partition coefficient (Wildman–Crippen LogP) is 0.561. The van der Waals surface area contributed by atoms with Crippen LogP contribution in [0.5, 0.6) is 0 Å². The molecule has 18 heavy (non-hydrogen) atoms. The number of aromatic amines is 1. The molecule has 0 aromatic carbocycles. The van der Waals surface area contributed by atoms with Gasteiger partial charge in [0.15, 0.2) is 0 Å². The van der Waals surface area contributed by atoms with Crippen LogP contribution in [0.15, 0.2) is 24.7 Å². The summed E-state index contributed by atoms with van der Waals surface area (Å²) in [5, 5.41) is 12.2. The Labute approximate surface area is 104 Å². The van der Waals surface area contributed by atoms with Crippen LogP contribution in [0, 0.1) is 0 Å². The minimum Gasteiger partial charge on any atom is -0.370 e. The molecule has 0 atom stereocenters. The fourth-order valence-electron chi connectivity index (χ4n) is 1.47. The Morgan fingerprint density at radius 3 is 3.06 bits per heavy atom. The van der Waals surface area contributed by atoms with Gasteiger partial charge in [0, 0.05) is 12.7 Å². The molecular formula is C11H14N6O. The van der Waals surface area contributed by atoms with E-state index in [2.05, 4.69) is 30.8 Å². The highest BCUT2D eigenvalue weighted by Gasteiger charge is 2.11. The molecule has 0 fully saturated rings. The fraction of sp³-hybridized carbons (Fsp3) is 0.273. The Kier molecular flexibility index (Phi) is 3.85. The number of hydrogen-bond donors (Lipinski definition) is 3. The van der Waals surface area contributed by atoms with Gasteiger partial charge in [-0.25, -0.2) is 9.97 Å². The fourth-order valence-corrected chi connectivity index (χ4v) is 1.47. The highest BCUT2D eigenvalue weighted by Crippen LogP contribution is 2.10. The first-order valence-electron chi connectivity index (χ1n) is 5.62. The van der Waals surface area contributed by atoms with E-state index < -0.39 is 0 Å². The normalized spacial score (nSPS) is 10.1. The summed E-state index contributed by atoms with van der Waals surface area (Å²) in [7, 11) is 0. The number of amides is 1. The summed E-state index contributed by atoms with van der Waals surface area (Å²) in [6, 6.07) is 3.45. The lowest BCUT2D eigenvalue weighted by Crippen LogP contribution is -2.24. The molecule has 0 spiro atoms. The summed E-state index contributed by atoms with van der Waals surface area (Å²) in [4.78, 5) is 20.0. The molecule has 0 saturated heterocycles. The molecule has 1 amide bonds. The highest BCUT2D eigenvalue weighted by molar-refractivity contribution is 5.98. The molecular weight excluding hydrogens is 232 g/mol. The molecule has 2 aromatic heterocycles. The van der Waals surface area contributed by atoms with Crippen molar-refractivity contribution in [3.8, 4) is 0 Å². The molecule has 7 nitrogen and oxygen atoms in total. The van der Waals surface area contributed by atoms with Crippen LogP contribution in [0.25, 0.3) is 0 Å². The molecule has 94 valence electrons. The summed E-state index contributed by atoms with van der Waals surface area (Å²) in [5.41, 5.74) is 0.513. The molecule has 2 heterocycles. The van der Waals surface area contributed by atoms with Crippen molar-refractivity contribution >= 4 is 11.7 Å². The number of carbonyl (C=O) groups is 1. The Bertz CT molecular complexity index is 510. The number of anilines is 1. The van der Waals surface area contributed by atoms with Gasteiger partial charge in [-0.2, -0.15) is 5.10 Å². The molecule has 0 unspecified atom stereocenters. The zero-order valence-electron chi connectivity index (χ0n) is 9.97. The highest BCUT2D eigenvalue weighted by atomic mass is 16.1. The van der Waals surface area contributed by atoms with Gasteiger partial charge >= 0.3 is 0 Å². The van der Waals surface area contributed by atoms with Crippen LogP contribution in [0.3, 0.4) is 0 Å². The number of rotatable bonds is 5. The molecule has 0 aliphatic rings. The lowest BCUT2D eigenvalue weighted by molar-refractivity contribution is 0.0950. The molecule has 2 aromatic rings. The van der Waals surface area contributed by atoms with Crippen LogP contribution >= 0.6 is 0 Å². The van der Waals surface area contributed by atoms with Crippen LogP contribution in [0.4, 0.5) is 5.82 Å². The van der Waals surface area contributed by atoms with E-state index in [1.165, 1.54) is 6.33 Å². The van der Waals surface area contributed by atoms with E-state index in [1.54, 1.807) is 18.3 Å². The molecule has 7 heteroatoms. The first-order valence-corrected chi connectivity index (χ1v) is 5.62. The van der Waals surface area contributed by atoms with Gasteiger partial charge in [-0.1, -0.05) is 0 Å². The smallest absolute Gasteiger partial charge is 0.255 e. The van der Waals surface area contributed by atoms with Crippen molar-refractivity contribution in [2.45, 2.75) is 13.5 Å². The van der Waals surface area contributed by atoms with Gasteiger partial charge < -0.3 is 10.6 Å². The van der Waals surface area contributed by atoms with E-state index >= 15 is 0 Å². The first-order chi connectivity index (χ1) is 8.81. The number of nitrogens with one attached hydrogen (secondary N) is 3. The number of pyridine rings is 1. The SMILES string of the molecule is CCNc1ncccc1C(=O)NCc1ncn[nH]1. The standard InChI is InChI=1S/C11H14N6O/c1-2-12-10-8(4-3-5-13-10)11(18)14-6-9-15-7-16-17-9/h3-5,7H,2,6H2,1H3,(H,12,13)(H,14,18)(H,15,16,17). The third-order valence-electron chi connectivity index (χ3n) is 2.28. The van der Waals surface area contributed by atoms with E-state index in [0.717, 1.165) is 0 Å². The van der Waals surface area contributed by atoms with Crippen molar-refractivity contribution in [2.24, 2.45) is 0 Å². The van der Waals surface area contributed by atoms with Gasteiger partial charge in [0.2, 0.25) is 0 Å². The molecule has 0 aliphatic heterocycles. The summed E-state index contributed by atoms with van der Waals surface area (Å²) in [6.07, 6.45) is 3.04. The Morgan fingerprint density at radius 2 is 2.33 bits per heavy atom. The third-order valence-corrected chi connectivity index (χ3v) is 2.28. The second-order valence-corrected chi connectivity index (χ2v) is 3.54. The number of aromatic nitrogens is 4. The van der Waals surface area contributed by atoms with Gasteiger partial charge in [0.25, 0.3) is 5.91 Å². The minimum atomic E-state index is -0.199. The number of hydrogen-bond acceptors (Lipinski definition) is 5. The molecule has 0 aliphatic carbocycles. The Balaban J connectivity index is 2.04. The average molecular weight is 246 g/mol. The lowest BCUT2D eigenvalue weighted by Gasteiger charge is -2.08. The van der Waals surface area contributed by atoms with Crippen molar-refractivity contribution in [1.29, 1.82) is 0 Å². The maximum absolute atomic E-state index is 12.0. The van der Waals surface area contributed by atoms with Gasteiger partial charge in [-0.3, -0.25) is 9.89 Å². The molecule has 0 radical (unpaired) electrons. The van der Waals surface area contributed by atoms with Crippen LogP contribution in [0.2, 0.25) is 0 Å². The second kappa shape index (κ2) is 5.76. The maximum atomic E-state index is 12.0. The summed E-state index contributed by atoms with van der Waals surface area (Å²) < 4.78 is 0. The average Bonchev–Trinajstić information content (AvgIpc) is 2.90. The van der Waals surface area contributed by atoms with Crippen LogP contribution in [-0.4, -0.2) is 32.6 Å². The Hall–Kier alpha value is -2.44. The van der Waals surface area contributed by atoms with Crippen molar-refractivity contribution < 1.29 is 4.79 Å². The van der Waals surface area contributed by atoms with Crippen molar-refractivity contribution in [3.05, 3.63) is 36.0 Å². The van der Waals surface area contributed by atoms with Crippen molar-refractivity contribution in [2.75, 3.05) is 11.9 Å². The zero-order chi connectivity index (χ0) is 12.8. The van der Waals surface area contributed by atoms with Crippen LogP contribution in [-0.2, 0) is 6.54 Å². The predicted molar refractivity (Wildman–Crippen MR) is 66.0 cm³/mol. The zero-order valence-corrected chi connectivity index (χ0v) is 9.97. The van der Waals surface area contributed by atoms with Gasteiger partial charge in [0.1, 0.15) is 18.0 Å². The molecule has 3 N–H and O–H groups in total. The summed E-state index contributed by atoms with van der Waals surface area (Å²) in [6.45, 7) is 2.96. The lowest BCUT2D eigenvalue weighted by atomic mass is 10.2. The monoisotopic (exact) mass is 246 g/mol. The Morgan fingerprint density at radius 1 is 1.44 bits per heavy atom. The maximum Gasteiger partial charge on any atom is 0.255 e. The van der Waals surface area contributed by atoms with Crippen LogP contribution < -0.4 is 10.6 Å². The quantitative estimate of drug-likeness (QED) is 0.716. The third kappa shape index (κ3) is 2.82. The largest absolute Gasteiger partial charge is 0.370 e. The number of nitrogens with zero attached hydrogens (tertiary/aromatic N) is 3. The molecule has 0 saturated carbocycles. The molecule has 0 bridgehead atoms.